The molecule has 0 spiro atoms. The van der Waals surface area contributed by atoms with E-state index >= 15 is 0 Å². The van der Waals surface area contributed by atoms with Gasteiger partial charge in [0.15, 0.2) is 0 Å². The molecular formula is C24H36N4O3. The quantitative estimate of drug-likeness (QED) is 0.639. The highest BCUT2D eigenvalue weighted by Gasteiger charge is 2.22. The van der Waals surface area contributed by atoms with E-state index in [4.69, 9.17) is 4.74 Å². The minimum atomic E-state index is -0.191. The Hall–Kier alpha value is -2.28. The van der Waals surface area contributed by atoms with Crippen LogP contribution in [0.1, 0.15) is 74.6 Å². The maximum absolute atomic E-state index is 13.1. The van der Waals surface area contributed by atoms with Gasteiger partial charge in [-0.15, -0.1) is 0 Å². The lowest BCUT2D eigenvalue weighted by Gasteiger charge is -2.30. The number of anilines is 2. The number of hydrogen-bond donors (Lipinski definition) is 3. The summed E-state index contributed by atoms with van der Waals surface area (Å²) in [6.07, 6.45) is 11.3. The number of amides is 3. The van der Waals surface area contributed by atoms with Crippen LogP contribution in [-0.4, -0.2) is 50.3 Å². The molecule has 3 N–H and O–H groups in total. The Labute approximate surface area is 185 Å². The Morgan fingerprint density at radius 2 is 1.74 bits per heavy atom. The number of carbonyl (C=O) groups is 2. The van der Waals surface area contributed by atoms with Crippen LogP contribution >= 0.6 is 0 Å². The molecule has 3 amide bonds. The van der Waals surface area contributed by atoms with E-state index < -0.39 is 0 Å². The third-order valence-electron chi connectivity index (χ3n) is 6.65. The van der Waals surface area contributed by atoms with Gasteiger partial charge >= 0.3 is 6.03 Å². The van der Waals surface area contributed by atoms with Crippen LogP contribution in [0.2, 0.25) is 0 Å². The molecule has 0 bridgehead atoms. The van der Waals surface area contributed by atoms with Crippen molar-refractivity contribution < 1.29 is 14.3 Å². The molecule has 1 aromatic rings. The van der Waals surface area contributed by atoms with Crippen LogP contribution in [0.4, 0.5) is 16.2 Å². The van der Waals surface area contributed by atoms with E-state index in [1.165, 1.54) is 25.7 Å². The average molecular weight is 429 g/mol. The zero-order valence-electron chi connectivity index (χ0n) is 18.5. The summed E-state index contributed by atoms with van der Waals surface area (Å²) in [4.78, 5) is 27.9. The van der Waals surface area contributed by atoms with Crippen molar-refractivity contribution in [2.75, 3.05) is 36.5 Å². The highest BCUT2D eigenvalue weighted by atomic mass is 16.5. The largest absolute Gasteiger partial charge is 0.376 e. The van der Waals surface area contributed by atoms with E-state index in [9.17, 15) is 9.59 Å². The van der Waals surface area contributed by atoms with Gasteiger partial charge in [-0.05, 0) is 63.1 Å². The van der Waals surface area contributed by atoms with Crippen molar-refractivity contribution >= 4 is 23.3 Å². The number of urea groups is 1. The Morgan fingerprint density at radius 1 is 0.968 bits per heavy atom. The van der Waals surface area contributed by atoms with Crippen LogP contribution in [0.15, 0.2) is 18.2 Å². The van der Waals surface area contributed by atoms with Gasteiger partial charge in [0.05, 0.1) is 11.7 Å². The van der Waals surface area contributed by atoms with E-state index in [1.54, 1.807) is 0 Å². The van der Waals surface area contributed by atoms with Crippen LogP contribution in [0.5, 0.6) is 0 Å². The Kier molecular flexibility index (Phi) is 7.67. The second-order valence-electron chi connectivity index (χ2n) is 9.06. The smallest absolute Gasteiger partial charge is 0.319 e. The third kappa shape index (κ3) is 6.12. The monoisotopic (exact) mass is 428 g/mol. The molecule has 1 saturated carbocycles. The van der Waals surface area contributed by atoms with Gasteiger partial charge in [-0.1, -0.05) is 19.3 Å². The molecular weight excluding hydrogens is 392 g/mol. The standard InChI is InChI=1S/C24H36N4O3/c29-23(25-17-20-10-7-15-31-20)21-16-19(11-12-22(21)28-13-5-2-6-14-28)27-24(30)26-18-8-3-1-4-9-18/h11-12,16,18,20H,1-10,13-15,17H2,(H,25,29)(H2,26,27,30). The number of ether oxygens (including phenoxy) is 1. The maximum Gasteiger partial charge on any atom is 0.319 e. The molecule has 170 valence electrons. The van der Waals surface area contributed by atoms with Gasteiger partial charge in [0.1, 0.15) is 0 Å². The molecule has 1 atom stereocenters. The summed E-state index contributed by atoms with van der Waals surface area (Å²) in [5.41, 5.74) is 2.22. The Balaban J connectivity index is 1.45. The summed E-state index contributed by atoms with van der Waals surface area (Å²) >= 11 is 0. The summed E-state index contributed by atoms with van der Waals surface area (Å²) in [5.74, 6) is -0.104. The van der Waals surface area contributed by atoms with Crippen molar-refractivity contribution in [3.63, 3.8) is 0 Å². The van der Waals surface area contributed by atoms with Gasteiger partial charge in [-0.2, -0.15) is 0 Å². The summed E-state index contributed by atoms with van der Waals surface area (Å²) in [6.45, 7) is 3.22. The highest BCUT2D eigenvalue weighted by Crippen LogP contribution is 2.27. The van der Waals surface area contributed by atoms with Crippen LogP contribution in [0, 0.1) is 0 Å². The molecule has 4 rings (SSSR count). The summed E-state index contributed by atoms with van der Waals surface area (Å²) in [5, 5.41) is 9.06. The molecule has 3 fully saturated rings. The summed E-state index contributed by atoms with van der Waals surface area (Å²) in [6, 6.07) is 5.75. The van der Waals surface area contributed by atoms with Crippen molar-refractivity contribution in [1.82, 2.24) is 10.6 Å². The first-order valence-corrected chi connectivity index (χ1v) is 12.1. The minimum absolute atomic E-state index is 0.102. The van der Waals surface area contributed by atoms with Crippen molar-refractivity contribution in [2.45, 2.75) is 76.4 Å². The predicted molar refractivity (Wildman–Crippen MR) is 123 cm³/mol. The normalized spacial score (nSPS) is 22.2. The van der Waals surface area contributed by atoms with Gasteiger partial charge in [0.25, 0.3) is 5.91 Å². The zero-order chi connectivity index (χ0) is 21.5. The van der Waals surface area contributed by atoms with Gasteiger partial charge in [-0.25, -0.2) is 4.79 Å². The Morgan fingerprint density at radius 3 is 2.48 bits per heavy atom. The fraction of sp³-hybridized carbons (Fsp3) is 0.667. The molecule has 0 radical (unpaired) electrons. The lowest BCUT2D eigenvalue weighted by atomic mass is 9.96. The third-order valence-corrected chi connectivity index (χ3v) is 6.65. The Bertz CT molecular complexity index is 751. The second-order valence-corrected chi connectivity index (χ2v) is 9.06. The first kappa shape index (κ1) is 21.9. The molecule has 1 aromatic carbocycles. The fourth-order valence-electron chi connectivity index (χ4n) is 4.91. The number of nitrogens with zero attached hydrogens (tertiary/aromatic N) is 1. The molecule has 7 heteroatoms. The number of carbonyl (C=O) groups excluding carboxylic acids is 2. The molecule has 7 nitrogen and oxygen atoms in total. The SMILES string of the molecule is O=C(Nc1ccc(N2CCCCC2)c(C(=O)NCC2CCCO2)c1)NC1CCCCC1. The van der Waals surface area contributed by atoms with E-state index in [-0.39, 0.29) is 24.1 Å². The molecule has 2 aliphatic heterocycles. The molecule has 1 aliphatic carbocycles. The first-order valence-electron chi connectivity index (χ1n) is 12.1. The van der Waals surface area contributed by atoms with Gasteiger partial charge in [0.2, 0.25) is 0 Å². The van der Waals surface area contributed by atoms with Crippen molar-refractivity contribution in [1.29, 1.82) is 0 Å². The molecule has 2 heterocycles. The topological polar surface area (TPSA) is 82.7 Å². The van der Waals surface area contributed by atoms with Crippen LogP contribution in [0.3, 0.4) is 0 Å². The summed E-state index contributed by atoms with van der Waals surface area (Å²) in [7, 11) is 0. The van der Waals surface area contributed by atoms with Gasteiger partial charge in [0, 0.05) is 43.7 Å². The second kappa shape index (κ2) is 10.8. The lowest BCUT2D eigenvalue weighted by molar-refractivity contribution is 0.0858. The fourth-order valence-corrected chi connectivity index (χ4v) is 4.91. The maximum atomic E-state index is 13.1. The van der Waals surface area contributed by atoms with Gasteiger partial charge < -0.3 is 25.6 Å². The zero-order valence-corrected chi connectivity index (χ0v) is 18.5. The van der Waals surface area contributed by atoms with Crippen LogP contribution in [0.25, 0.3) is 0 Å². The number of hydrogen-bond acceptors (Lipinski definition) is 4. The number of piperidine rings is 1. The number of benzene rings is 1. The van der Waals surface area contributed by atoms with Crippen LogP contribution in [-0.2, 0) is 4.74 Å². The van der Waals surface area contributed by atoms with Crippen LogP contribution < -0.4 is 20.9 Å². The van der Waals surface area contributed by atoms with Crippen molar-refractivity contribution in [3.05, 3.63) is 23.8 Å². The first-order chi connectivity index (χ1) is 15.2. The van der Waals surface area contributed by atoms with E-state index in [1.807, 2.05) is 18.2 Å². The minimum Gasteiger partial charge on any atom is -0.376 e. The van der Waals surface area contributed by atoms with E-state index in [2.05, 4.69) is 20.9 Å². The van der Waals surface area contributed by atoms with E-state index in [0.29, 0.717) is 17.8 Å². The van der Waals surface area contributed by atoms with Gasteiger partial charge in [-0.3, -0.25) is 4.79 Å². The molecule has 31 heavy (non-hydrogen) atoms. The average Bonchev–Trinajstić information content (AvgIpc) is 3.32. The molecule has 1 unspecified atom stereocenters. The predicted octanol–water partition coefficient (Wildman–Crippen LogP) is 4.04. The lowest BCUT2D eigenvalue weighted by Crippen LogP contribution is -2.39. The summed E-state index contributed by atoms with van der Waals surface area (Å²) < 4.78 is 5.64. The molecule has 0 aromatic heterocycles. The van der Waals surface area contributed by atoms with Crippen molar-refractivity contribution in [2.24, 2.45) is 0 Å². The van der Waals surface area contributed by atoms with E-state index in [0.717, 1.165) is 63.9 Å². The number of rotatable bonds is 6. The highest BCUT2D eigenvalue weighted by molar-refractivity contribution is 6.02. The number of nitrogens with one attached hydrogen (secondary N) is 3. The molecule has 3 aliphatic rings. The van der Waals surface area contributed by atoms with Crippen molar-refractivity contribution in [3.8, 4) is 0 Å². The molecule has 2 saturated heterocycles.